The van der Waals surface area contributed by atoms with Crippen LogP contribution in [-0.4, -0.2) is 34.1 Å². The van der Waals surface area contributed by atoms with Crippen molar-refractivity contribution < 1.29 is 14.3 Å². The molecular weight excluding hydrogens is 428 g/mol. The number of urea groups is 1. The van der Waals surface area contributed by atoms with Crippen molar-refractivity contribution in [2.75, 3.05) is 6.61 Å². The molecule has 1 aromatic heterocycles. The molecule has 0 bridgehead atoms. The predicted octanol–water partition coefficient (Wildman–Crippen LogP) is 4.76. The van der Waals surface area contributed by atoms with E-state index in [0.29, 0.717) is 22.0 Å². The van der Waals surface area contributed by atoms with E-state index in [9.17, 15) is 9.59 Å². The molecule has 32 heavy (non-hydrogen) atoms. The highest BCUT2D eigenvalue weighted by molar-refractivity contribution is 6.30. The molecule has 1 aliphatic rings. The molecule has 162 valence electrons. The largest absolute Gasteiger partial charge is 0.461 e. The van der Waals surface area contributed by atoms with E-state index < -0.39 is 24.0 Å². The Morgan fingerprint density at radius 1 is 1.22 bits per heavy atom. The van der Waals surface area contributed by atoms with Gasteiger partial charge in [-0.3, -0.25) is 4.79 Å². The van der Waals surface area contributed by atoms with Gasteiger partial charge in [-0.05, 0) is 31.2 Å². The van der Waals surface area contributed by atoms with Crippen molar-refractivity contribution >= 4 is 29.3 Å². The van der Waals surface area contributed by atoms with Crippen LogP contribution < -0.4 is 5.32 Å². The molecule has 2 atom stereocenters. The summed E-state index contributed by atoms with van der Waals surface area (Å²) in [5.74, 6) is -1.29. The van der Waals surface area contributed by atoms with E-state index in [1.54, 1.807) is 23.7 Å². The molecule has 0 fully saturated rings. The van der Waals surface area contributed by atoms with Gasteiger partial charge in [-0.2, -0.15) is 5.10 Å². The van der Waals surface area contributed by atoms with E-state index in [2.05, 4.69) is 16.9 Å². The number of hydrogen-bond donors (Lipinski definition) is 1. The number of nitrogens with zero attached hydrogens (tertiary/aromatic N) is 3. The van der Waals surface area contributed by atoms with Gasteiger partial charge >= 0.3 is 12.0 Å². The van der Waals surface area contributed by atoms with Gasteiger partial charge in [0.1, 0.15) is 12.5 Å². The van der Waals surface area contributed by atoms with Gasteiger partial charge in [0.2, 0.25) is 0 Å². The van der Waals surface area contributed by atoms with E-state index in [4.69, 9.17) is 21.4 Å². The topological polar surface area (TPSA) is 85.6 Å². The number of halogens is 1. The fourth-order valence-corrected chi connectivity index (χ4v) is 3.80. The normalized spacial score (nSPS) is 17.9. The number of aromatic nitrogens is 2. The van der Waals surface area contributed by atoms with Crippen LogP contribution in [0.3, 0.4) is 0 Å². The summed E-state index contributed by atoms with van der Waals surface area (Å²) in [7, 11) is 0. The average Bonchev–Trinajstić information content (AvgIpc) is 3.23. The van der Waals surface area contributed by atoms with Crippen LogP contribution >= 0.6 is 11.6 Å². The molecule has 2 aromatic carbocycles. The van der Waals surface area contributed by atoms with E-state index in [1.165, 1.54) is 6.08 Å². The molecule has 7 nitrogen and oxygen atoms in total. The van der Waals surface area contributed by atoms with Crippen molar-refractivity contribution in [3.63, 3.8) is 0 Å². The summed E-state index contributed by atoms with van der Waals surface area (Å²) in [6, 6.07) is 15.6. The first kappa shape index (κ1) is 21.5. The molecule has 2 heterocycles. The average molecular weight is 449 g/mol. The third kappa shape index (κ3) is 4.33. The Hall–Kier alpha value is -3.71. The molecule has 0 spiro atoms. The van der Waals surface area contributed by atoms with Gasteiger partial charge in [0, 0.05) is 28.1 Å². The number of para-hydroxylation sites is 1. The Morgan fingerprint density at radius 2 is 1.94 bits per heavy atom. The van der Waals surface area contributed by atoms with Crippen LogP contribution in [-0.2, 0) is 9.53 Å². The summed E-state index contributed by atoms with van der Waals surface area (Å²) < 4.78 is 7.03. The van der Waals surface area contributed by atoms with Crippen molar-refractivity contribution in [2.24, 2.45) is 10.9 Å². The van der Waals surface area contributed by atoms with Gasteiger partial charge in [0.15, 0.2) is 0 Å². The first-order valence-electron chi connectivity index (χ1n) is 10.0. The Bertz CT molecular complexity index is 1190. The monoisotopic (exact) mass is 448 g/mol. The second-order valence-corrected chi connectivity index (χ2v) is 7.73. The highest BCUT2D eigenvalue weighted by Gasteiger charge is 2.40. The maximum atomic E-state index is 12.9. The summed E-state index contributed by atoms with van der Waals surface area (Å²) in [5.41, 5.74) is 3.30. The minimum Gasteiger partial charge on any atom is -0.461 e. The quantitative estimate of drug-likeness (QED) is 0.435. The smallest absolute Gasteiger partial charge is 0.341 e. The van der Waals surface area contributed by atoms with Crippen molar-refractivity contribution in [3.8, 4) is 16.9 Å². The second kappa shape index (κ2) is 9.20. The van der Waals surface area contributed by atoms with Crippen LogP contribution in [0.2, 0.25) is 5.02 Å². The standard InChI is InChI=1S/C24H21ClN4O3/c1-3-13-32-23(30)20-15(2)26-24(31)27-22(20)19-14-29(18-7-5-4-6-8-18)28-21(19)16-9-11-17(25)12-10-16/h3-12,14,20,22H,1,13H2,2H3,(H,27,31). The zero-order valence-electron chi connectivity index (χ0n) is 17.4. The number of aliphatic imine (C=N–C) groups is 1. The summed E-state index contributed by atoms with van der Waals surface area (Å²) in [6.45, 7) is 5.30. The number of nitrogens with one attached hydrogen (secondary N) is 1. The Kier molecular flexibility index (Phi) is 6.18. The maximum Gasteiger partial charge on any atom is 0.341 e. The number of amides is 2. The molecular formula is C24H21ClN4O3. The minimum atomic E-state index is -0.799. The van der Waals surface area contributed by atoms with E-state index in [1.807, 2.05) is 48.7 Å². The highest BCUT2D eigenvalue weighted by Crippen LogP contribution is 2.35. The Labute approximate surface area is 190 Å². The number of carbonyl (C=O) groups is 2. The van der Waals surface area contributed by atoms with Gasteiger partial charge in [0.05, 0.1) is 17.4 Å². The van der Waals surface area contributed by atoms with Crippen LogP contribution in [0.1, 0.15) is 18.5 Å². The van der Waals surface area contributed by atoms with Crippen molar-refractivity contribution in [1.82, 2.24) is 15.1 Å². The number of carbonyl (C=O) groups excluding carboxylic acids is 2. The van der Waals surface area contributed by atoms with Crippen LogP contribution in [0, 0.1) is 5.92 Å². The predicted molar refractivity (Wildman–Crippen MR) is 123 cm³/mol. The summed E-state index contributed by atoms with van der Waals surface area (Å²) >= 11 is 6.07. The van der Waals surface area contributed by atoms with Crippen LogP contribution in [0.4, 0.5) is 4.79 Å². The van der Waals surface area contributed by atoms with Crippen molar-refractivity contribution in [1.29, 1.82) is 0 Å². The molecule has 2 unspecified atom stereocenters. The van der Waals surface area contributed by atoms with E-state index >= 15 is 0 Å². The fourth-order valence-electron chi connectivity index (χ4n) is 3.67. The van der Waals surface area contributed by atoms with Gasteiger partial charge < -0.3 is 10.1 Å². The number of rotatable bonds is 6. The fraction of sp³-hybridized carbons (Fsp3) is 0.167. The molecule has 0 saturated heterocycles. The van der Waals surface area contributed by atoms with Gasteiger partial charge in [0.25, 0.3) is 0 Å². The summed E-state index contributed by atoms with van der Waals surface area (Å²) in [6.07, 6.45) is 3.31. The lowest BCUT2D eigenvalue weighted by Crippen LogP contribution is -2.44. The van der Waals surface area contributed by atoms with E-state index in [-0.39, 0.29) is 6.61 Å². The zero-order valence-corrected chi connectivity index (χ0v) is 18.1. The minimum absolute atomic E-state index is 0.0661. The SMILES string of the molecule is C=CCOC(=O)C1C(C)=NC(=O)NC1c1cn(-c2ccccc2)nc1-c1ccc(Cl)cc1. The molecule has 8 heteroatoms. The number of hydrogen-bond acceptors (Lipinski definition) is 4. The Morgan fingerprint density at radius 3 is 2.62 bits per heavy atom. The van der Waals surface area contributed by atoms with E-state index in [0.717, 1.165) is 11.3 Å². The first-order valence-corrected chi connectivity index (χ1v) is 10.4. The summed E-state index contributed by atoms with van der Waals surface area (Å²) in [5, 5.41) is 8.20. The molecule has 4 rings (SSSR count). The number of benzene rings is 2. The molecule has 3 aromatic rings. The lowest BCUT2D eigenvalue weighted by molar-refractivity contribution is -0.145. The highest BCUT2D eigenvalue weighted by atomic mass is 35.5. The molecule has 0 aliphatic carbocycles. The van der Waals surface area contributed by atoms with Gasteiger partial charge in [-0.1, -0.05) is 54.6 Å². The number of esters is 1. The first-order chi connectivity index (χ1) is 15.5. The lowest BCUT2D eigenvalue weighted by atomic mass is 9.87. The Balaban J connectivity index is 1.85. The maximum absolute atomic E-state index is 12.9. The third-order valence-electron chi connectivity index (χ3n) is 5.15. The molecule has 0 saturated carbocycles. The molecule has 1 N–H and O–H groups in total. The van der Waals surface area contributed by atoms with Crippen LogP contribution in [0.25, 0.3) is 16.9 Å². The third-order valence-corrected chi connectivity index (χ3v) is 5.41. The number of ether oxygens (including phenoxy) is 1. The lowest BCUT2D eigenvalue weighted by Gasteiger charge is -2.29. The van der Waals surface area contributed by atoms with Gasteiger partial charge in [-0.15, -0.1) is 0 Å². The molecule has 1 aliphatic heterocycles. The summed E-state index contributed by atoms with van der Waals surface area (Å²) in [4.78, 5) is 29.1. The molecule has 2 amide bonds. The van der Waals surface area contributed by atoms with Crippen molar-refractivity contribution in [2.45, 2.75) is 13.0 Å². The van der Waals surface area contributed by atoms with Crippen molar-refractivity contribution in [3.05, 3.63) is 84.0 Å². The zero-order chi connectivity index (χ0) is 22.7. The molecule has 0 radical (unpaired) electrons. The van der Waals surface area contributed by atoms with Crippen LogP contribution in [0.15, 0.2) is 78.4 Å². The second-order valence-electron chi connectivity index (χ2n) is 7.30. The van der Waals surface area contributed by atoms with Crippen LogP contribution in [0.5, 0.6) is 0 Å². The van der Waals surface area contributed by atoms with Gasteiger partial charge in [-0.25, -0.2) is 14.5 Å².